The molecular weight excluding hydrogens is 228 g/mol. The van der Waals surface area contributed by atoms with Crippen LogP contribution in [0.1, 0.15) is 37.8 Å². The fraction of sp³-hybridized carbons (Fsp3) is 0.692. The van der Waals surface area contributed by atoms with E-state index >= 15 is 0 Å². The second kappa shape index (κ2) is 5.52. The summed E-state index contributed by atoms with van der Waals surface area (Å²) in [4.78, 5) is 8.66. The van der Waals surface area contributed by atoms with Gasteiger partial charge in [0.25, 0.3) is 0 Å². The number of nitrogens with one attached hydrogen (secondary N) is 2. The summed E-state index contributed by atoms with van der Waals surface area (Å²) in [5.41, 5.74) is 0.713. The molecule has 5 heteroatoms. The number of hydrogen-bond donors (Lipinski definition) is 3. The summed E-state index contributed by atoms with van der Waals surface area (Å²) in [7, 11) is 1.81. The molecule has 100 valence electrons. The van der Waals surface area contributed by atoms with Gasteiger partial charge in [-0.1, -0.05) is 19.3 Å². The van der Waals surface area contributed by atoms with E-state index in [2.05, 4.69) is 20.6 Å². The fourth-order valence-electron chi connectivity index (χ4n) is 2.57. The van der Waals surface area contributed by atoms with Crippen LogP contribution >= 0.6 is 0 Å². The SMILES string of the molecule is CNc1nc(C)cc(NC2(CO)CCCCC2)n1. The summed E-state index contributed by atoms with van der Waals surface area (Å²) in [5, 5.41) is 16.0. The Balaban J connectivity index is 2.18. The van der Waals surface area contributed by atoms with Crippen LogP contribution in [0.25, 0.3) is 0 Å². The second-order valence-electron chi connectivity index (χ2n) is 5.09. The van der Waals surface area contributed by atoms with Gasteiger partial charge in [-0.3, -0.25) is 0 Å². The molecule has 1 fully saturated rings. The maximum absolute atomic E-state index is 9.68. The van der Waals surface area contributed by atoms with E-state index in [4.69, 9.17) is 0 Å². The topological polar surface area (TPSA) is 70.1 Å². The zero-order valence-electron chi connectivity index (χ0n) is 11.2. The average Bonchev–Trinajstić information content (AvgIpc) is 2.39. The van der Waals surface area contributed by atoms with Gasteiger partial charge >= 0.3 is 0 Å². The average molecular weight is 250 g/mol. The van der Waals surface area contributed by atoms with E-state index in [1.807, 2.05) is 13.0 Å². The van der Waals surface area contributed by atoms with Gasteiger partial charge in [-0.05, 0) is 19.8 Å². The monoisotopic (exact) mass is 250 g/mol. The molecule has 0 amide bonds. The Kier molecular flexibility index (Phi) is 4.01. The van der Waals surface area contributed by atoms with E-state index in [1.54, 1.807) is 7.05 Å². The lowest BCUT2D eigenvalue weighted by Gasteiger charge is -2.37. The number of hydrogen-bond acceptors (Lipinski definition) is 5. The van der Waals surface area contributed by atoms with Crippen molar-refractivity contribution in [2.45, 2.75) is 44.6 Å². The largest absolute Gasteiger partial charge is 0.394 e. The summed E-state index contributed by atoms with van der Waals surface area (Å²) < 4.78 is 0. The Morgan fingerprint density at radius 3 is 2.61 bits per heavy atom. The smallest absolute Gasteiger partial charge is 0.224 e. The minimum atomic E-state index is -0.204. The first kappa shape index (κ1) is 13.1. The molecule has 1 aliphatic rings. The Labute approximate surface area is 108 Å². The highest BCUT2D eigenvalue weighted by molar-refractivity contribution is 5.44. The molecule has 0 radical (unpaired) electrons. The highest BCUT2D eigenvalue weighted by atomic mass is 16.3. The van der Waals surface area contributed by atoms with Gasteiger partial charge in [0.05, 0.1) is 12.1 Å². The predicted molar refractivity (Wildman–Crippen MR) is 72.8 cm³/mol. The van der Waals surface area contributed by atoms with Gasteiger partial charge in [-0.15, -0.1) is 0 Å². The number of anilines is 2. The van der Waals surface area contributed by atoms with Crippen molar-refractivity contribution < 1.29 is 5.11 Å². The number of rotatable bonds is 4. The van der Waals surface area contributed by atoms with Crippen molar-refractivity contribution in [1.29, 1.82) is 0 Å². The lowest BCUT2D eigenvalue weighted by Crippen LogP contribution is -2.44. The van der Waals surface area contributed by atoms with E-state index in [9.17, 15) is 5.11 Å². The normalized spacial score (nSPS) is 18.4. The molecular formula is C13H22N4O. The van der Waals surface area contributed by atoms with Crippen LogP contribution in [0.4, 0.5) is 11.8 Å². The minimum absolute atomic E-state index is 0.158. The Morgan fingerprint density at radius 2 is 2.00 bits per heavy atom. The van der Waals surface area contributed by atoms with Crippen LogP contribution in [0.15, 0.2) is 6.07 Å². The van der Waals surface area contributed by atoms with Crippen molar-refractivity contribution in [3.05, 3.63) is 11.8 Å². The number of aryl methyl sites for hydroxylation is 1. The van der Waals surface area contributed by atoms with E-state index in [-0.39, 0.29) is 12.1 Å². The second-order valence-corrected chi connectivity index (χ2v) is 5.09. The summed E-state index contributed by atoms with van der Waals surface area (Å²) in [5.74, 6) is 1.41. The molecule has 0 aliphatic heterocycles. The summed E-state index contributed by atoms with van der Waals surface area (Å²) in [6.07, 6.45) is 5.59. The molecule has 0 saturated heterocycles. The molecule has 1 aromatic rings. The Hall–Kier alpha value is -1.36. The summed E-state index contributed by atoms with van der Waals surface area (Å²) in [6, 6.07) is 1.92. The molecule has 2 rings (SSSR count). The molecule has 1 heterocycles. The third-order valence-electron chi connectivity index (χ3n) is 3.58. The van der Waals surface area contributed by atoms with Crippen LogP contribution in [0.2, 0.25) is 0 Å². The van der Waals surface area contributed by atoms with Crippen molar-refractivity contribution >= 4 is 11.8 Å². The van der Waals surface area contributed by atoms with Crippen LogP contribution < -0.4 is 10.6 Å². The quantitative estimate of drug-likeness (QED) is 0.761. The van der Waals surface area contributed by atoms with Crippen LogP contribution in [0, 0.1) is 6.92 Å². The van der Waals surface area contributed by atoms with E-state index in [1.165, 1.54) is 6.42 Å². The third kappa shape index (κ3) is 2.90. The van der Waals surface area contributed by atoms with Gasteiger partial charge < -0.3 is 15.7 Å². The molecule has 1 saturated carbocycles. The van der Waals surface area contributed by atoms with Crippen molar-refractivity contribution in [2.24, 2.45) is 0 Å². The minimum Gasteiger partial charge on any atom is -0.394 e. The number of aliphatic hydroxyl groups excluding tert-OH is 1. The van der Waals surface area contributed by atoms with Crippen LogP contribution in [-0.4, -0.2) is 34.3 Å². The van der Waals surface area contributed by atoms with Crippen LogP contribution in [0.3, 0.4) is 0 Å². The molecule has 3 N–H and O–H groups in total. The first-order valence-corrected chi connectivity index (χ1v) is 6.60. The molecule has 0 bridgehead atoms. The number of aromatic nitrogens is 2. The first-order valence-electron chi connectivity index (χ1n) is 6.60. The maximum Gasteiger partial charge on any atom is 0.224 e. The highest BCUT2D eigenvalue weighted by Crippen LogP contribution is 2.31. The molecule has 0 unspecified atom stereocenters. The van der Waals surface area contributed by atoms with E-state index in [0.717, 1.165) is 37.2 Å². The highest BCUT2D eigenvalue weighted by Gasteiger charge is 2.31. The summed E-state index contributed by atoms with van der Waals surface area (Å²) in [6.45, 7) is 2.10. The number of nitrogens with zero attached hydrogens (tertiary/aromatic N) is 2. The van der Waals surface area contributed by atoms with Crippen molar-refractivity contribution in [3.8, 4) is 0 Å². The molecule has 0 atom stereocenters. The molecule has 5 nitrogen and oxygen atoms in total. The molecule has 0 aromatic carbocycles. The van der Waals surface area contributed by atoms with E-state index in [0.29, 0.717) is 5.95 Å². The molecule has 18 heavy (non-hydrogen) atoms. The lowest BCUT2D eigenvalue weighted by atomic mass is 9.82. The zero-order valence-corrected chi connectivity index (χ0v) is 11.2. The van der Waals surface area contributed by atoms with Crippen LogP contribution in [0.5, 0.6) is 0 Å². The predicted octanol–water partition coefficient (Wildman–Crippen LogP) is 1.93. The standard InChI is InChI=1S/C13H22N4O/c1-10-8-11(16-12(14-2)15-10)17-13(9-18)6-4-3-5-7-13/h8,18H,3-7,9H2,1-2H3,(H2,14,15,16,17). The van der Waals surface area contributed by atoms with Crippen LogP contribution in [-0.2, 0) is 0 Å². The number of aliphatic hydroxyl groups is 1. The molecule has 1 aromatic heterocycles. The van der Waals surface area contributed by atoms with Gasteiger partial charge in [0.1, 0.15) is 5.82 Å². The van der Waals surface area contributed by atoms with Crippen molar-refractivity contribution in [3.63, 3.8) is 0 Å². The molecule has 1 aliphatic carbocycles. The van der Waals surface area contributed by atoms with Gasteiger partial charge in [-0.2, -0.15) is 4.98 Å². The van der Waals surface area contributed by atoms with E-state index < -0.39 is 0 Å². The zero-order chi connectivity index (χ0) is 13.0. The fourth-order valence-corrected chi connectivity index (χ4v) is 2.57. The third-order valence-corrected chi connectivity index (χ3v) is 3.58. The molecule has 0 spiro atoms. The lowest BCUT2D eigenvalue weighted by molar-refractivity contribution is 0.172. The van der Waals surface area contributed by atoms with Crippen molar-refractivity contribution in [1.82, 2.24) is 9.97 Å². The van der Waals surface area contributed by atoms with Gasteiger partial charge in [0.2, 0.25) is 5.95 Å². The summed E-state index contributed by atoms with van der Waals surface area (Å²) >= 11 is 0. The maximum atomic E-state index is 9.68. The Morgan fingerprint density at radius 1 is 1.28 bits per heavy atom. The van der Waals surface area contributed by atoms with Gasteiger partial charge in [0, 0.05) is 18.8 Å². The van der Waals surface area contributed by atoms with Crippen molar-refractivity contribution in [2.75, 3.05) is 24.3 Å². The van der Waals surface area contributed by atoms with Gasteiger partial charge in [0.15, 0.2) is 0 Å². The Bertz CT molecular complexity index is 402. The van der Waals surface area contributed by atoms with Gasteiger partial charge in [-0.25, -0.2) is 4.98 Å². The first-order chi connectivity index (χ1) is 8.67.